The lowest BCUT2D eigenvalue weighted by Crippen LogP contribution is -2.24. The molecular weight excluding hydrogens is 208 g/mol. The van der Waals surface area contributed by atoms with Crippen LogP contribution in [-0.4, -0.2) is 5.78 Å². The van der Waals surface area contributed by atoms with Gasteiger partial charge >= 0.3 is 0 Å². The number of aryl methyl sites for hydroxylation is 1. The Morgan fingerprint density at radius 2 is 1.94 bits per heavy atom. The summed E-state index contributed by atoms with van der Waals surface area (Å²) in [6, 6.07) is 8.10. The monoisotopic (exact) mass is 226 g/mol. The molecule has 1 nitrogen and oxygen atoms in total. The summed E-state index contributed by atoms with van der Waals surface area (Å²) >= 11 is 0. The SMILES string of the molecule is O=C1c2ccccc2CCC1C1=CCCCC1. The van der Waals surface area contributed by atoms with Gasteiger partial charge in [-0.1, -0.05) is 35.9 Å². The van der Waals surface area contributed by atoms with Crippen LogP contribution in [0.25, 0.3) is 0 Å². The molecule has 17 heavy (non-hydrogen) atoms. The van der Waals surface area contributed by atoms with Gasteiger partial charge in [0.1, 0.15) is 0 Å². The predicted molar refractivity (Wildman–Crippen MR) is 69.1 cm³/mol. The molecule has 1 heteroatoms. The van der Waals surface area contributed by atoms with Gasteiger partial charge in [0.15, 0.2) is 5.78 Å². The summed E-state index contributed by atoms with van der Waals surface area (Å²) in [5, 5.41) is 0. The number of benzene rings is 1. The maximum absolute atomic E-state index is 12.5. The van der Waals surface area contributed by atoms with Crippen molar-refractivity contribution in [3.8, 4) is 0 Å². The second-order valence-electron chi connectivity index (χ2n) is 5.14. The molecule has 1 aromatic carbocycles. The fourth-order valence-corrected chi connectivity index (χ4v) is 3.13. The van der Waals surface area contributed by atoms with Gasteiger partial charge in [0.25, 0.3) is 0 Å². The molecule has 0 heterocycles. The number of rotatable bonds is 1. The van der Waals surface area contributed by atoms with E-state index in [0.717, 1.165) is 24.8 Å². The van der Waals surface area contributed by atoms with Gasteiger partial charge in [-0.2, -0.15) is 0 Å². The minimum atomic E-state index is 0.185. The van der Waals surface area contributed by atoms with Gasteiger partial charge in [0.05, 0.1) is 0 Å². The van der Waals surface area contributed by atoms with Gasteiger partial charge in [-0.15, -0.1) is 0 Å². The summed E-state index contributed by atoms with van der Waals surface area (Å²) in [6.45, 7) is 0. The first-order valence-electron chi connectivity index (χ1n) is 6.67. The third-order valence-electron chi connectivity index (χ3n) is 4.08. The molecule has 0 radical (unpaired) electrons. The van der Waals surface area contributed by atoms with Gasteiger partial charge < -0.3 is 0 Å². The molecule has 88 valence electrons. The van der Waals surface area contributed by atoms with E-state index in [9.17, 15) is 4.79 Å². The zero-order chi connectivity index (χ0) is 11.7. The normalized spacial score (nSPS) is 24.1. The van der Waals surface area contributed by atoms with Crippen LogP contribution in [-0.2, 0) is 6.42 Å². The average Bonchev–Trinajstić information content (AvgIpc) is 2.40. The number of hydrogen-bond donors (Lipinski definition) is 0. The van der Waals surface area contributed by atoms with Crippen molar-refractivity contribution in [3.05, 3.63) is 47.0 Å². The number of fused-ring (bicyclic) bond motifs is 1. The summed E-state index contributed by atoms with van der Waals surface area (Å²) in [7, 11) is 0. The first kappa shape index (κ1) is 10.8. The summed E-state index contributed by atoms with van der Waals surface area (Å²) < 4.78 is 0. The largest absolute Gasteiger partial charge is 0.293 e. The van der Waals surface area contributed by atoms with E-state index in [1.54, 1.807) is 0 Å². The van der Waals surface area contributed by atoms with Crippen molar-refractivity contribution >= 4 is 5.78 Å². The third-order valence-corrected chi connectivity index (χ3v) is 4.08. The standard InChI is InChI=1S/C16H18O/c17-16-14-9-5-4-8-13(14)10-11-15(16)12-6-2-1-3-7-12/h4-6,8-9,15H,1-3,7,10-11H2. The Morgan fingerprint density at radius 1 is 1.06 bits per heavy atom. The molecule has 0 saturated carbocycles. The lowest BCUT2D eigenvalue weighted by atomic mass is 9.76. The van der Waals surface area contributed by atoms with E-state index in [4.69, 9.17) is 0 Å². The van der Waals surface area contributed by atoms with Crippen LogP contribution < -0.4 is 0 Å². The topological polar surface area (TPSA) is 17.1 Å². The Kier molecular flexibility index (Phi) is 2.84. The van der Waals surface area contributed by atoms with Crippen LogP contribution >= 0.6 is 0 Å². The van der Waals surface area contributed by atoms with Crippen LogP contribution in [0.2, 0.25) is 0 Å². The minimum Gasteiger partial charge on any atom is -0.293 e. The number of Topliss-reactive ketones (excluding diaryl/α,β-unsaturated/α-hetero) is 1. The van der Waals surface area contributed by atoms with E-state index >= 15 is 0 Å². The van der Waals surface area contributed by atoms with Gasteiger partial charge in [-0.05, 0) is 44.1 Å². The van der Waals surface area contributed by atoms with Crippen LogP contribution in [0, 0.1) is 5.92 Å². The molecule has 0 saturated heterocycles. The quantitative estimate of drug-likeness (QED) is 0.663. The van der Waals surface area contributed by atoms with Crippen molar-refractivity contribution in [3.63, 3.8) is 0 Å². The highest BCUT2D eigenvalue weighted by Crippen LogP contribution is 2.34. The lowest BCUT2D eigenvalue weighted by molar-refractivity contribution is 0.0921. The lowest BCUT2D eigenvalue weighted by Gasteiger charge is -2.27. The second-order valence-corrected chi connectivity index (χ2v) is 5.14. The van der Waals surface area contributed by atoms with Crippen LogP contribution in [0.5, 0.6) is 0 Å². The Labute approximate surface area is 103 Å². The van der Waals surface area contributed by atoms with Crippen LogP contribution in [0.3, 0.4) is 0 Å². The average molecular weight is 226 g/mol. The molecule has 1 atom stereocenters. The van der Waals surface area contributed by atoms with E-state index in [-0.39, 0.29) is 5.92 Å². The molecule has 2 aliphatic rings. The van der Waals surface area contributed by atoms with E-state index in [1.807, 2.05) is 18.2 Å². The van der Waals surface area contributed by atoms with Gasteiger partial charge in [-0.25, -0.2) is 0 Å². The highest BCUT2D eigenvalue weighted by atomic mass is 16.1. The molecule has 0 aliphatic heterocycles. The van der Waals surface area contributed by atoms with E-state index in [1.165, 1.54) is 30.4 Å². The number of allylic oxidation sites excluding steroid dienone is 2. The zero-order valence-electron chi connectivity index (χ0n) is 10.1. The highest BCUT2D eigenvalue weighted by Gasteiger charge is 2.29. The van der Waals surface area contributed by atoms with Crippen LogP contribution in [0.1, 0.15) is 48.0 Å². The van der Waals surface area contributed by atoms with Crippen LogP contribution in [0.4, 0.5) is 0 Å². The molecule has 0 amide bonds. The Morgan fingerprint density at radius 3 is 2.76 bits per heavy atom. The highest BCUT2D eigenvalue weighted by molar-refractivity contribution is 6.01. The van der Waals surface area contributed by atoms with E-state index in [0.29, 0.717) is 5.78 Å². The zero-order valence-corrected chi connectivity index (χ0v) is 10.1. The molecule has 0 spiro atoms. The van der Waals surface area contributed by atoms with Crippen molar-refractivity contribution in [1.29, 1.82) is 0 Å². The first-order chi connectivity index (χ1) is 8.36. The molecule has 1 unspecified atom stereocenters. The van der Waals surface area contributed by atoms with Gasteiger partial charge in [0.2, 0.25) is 0 Å². The minimum absolute atomic E-state index is 0.185. The van der Waals surface area contributed by atoms with Gasteiger partial charge in [0, 0.05) is 11.5 Å². The fourth-order valence-electron chi connectivity index (χ4n) is 3.13. The molecular formula is C16H18O. The predicted octanol–water partition coefficient (Wildman–Crippen LogP) is 3.93. The first-order valence-corrected chi connectivity index (χ1v) is 6.67. The maximum Gasteiger partial charge on any atom is 0.170 e. The summed E-state index contributed by atoms with van der Waals surface area (Å²) in [5.74, 6) is 0.546. The van der Waals surface area contributed by atoms with Crippen molar-refractivity contribution in [2.75, 3.05) is 0 Å². The molecule has 0 bridgehead atoms. The molecule has 3 rings (SSSR count). The fraction of sp³-hybridized carbons (Fsp3) is 0.438. The van der Waals surface area contributed by atoms with E-state index in [2.05, 4.69) is 12.1 Å². The van der Waals surface area contributed by atoms with Crippen LogP contribution in [0.15, 0.2) is 35.9 Å². The Balaban J connectivity index is 1.91. The number of hydrogen-bond acceptors (Lipinski definition) is 1. The van der Waals surface area contributed by atoms with Crippen molar-refractivity contribution in [2.24, 2.45) is 5.92 Å². The van der Waals surface area contributed by atoms with Crippen molar-refractivity contribution in [1.82, 2.24) is 0 Å². The maximum atomic E-state index is 12.5. The number of carbonyl (C=O) groups excluding carboxylic acids is 1. The number of ketones is 1. The second kappa shape index (κ2) is 4.48. The molecule has 0 fully saturated rings. The Bertz CT molecular complexity index is 470. The smallest absolute Gasteiger partial charge is 0.170 e. The number of carbonyl (C=O) groups is 1. The van der Waals surface area contributed by atoms with Crippen molar-refractivity contribution in [2.45, 2.75) is 38.5 Å². The Hall–Kier alpha value is -1.37. The van der Waals surface area contributed by atoms with Gasteiger partial charge in [-0.3, -0.25) is 4.79 Å². The molecule has 0 N–H and O–H groups in total. The molecule has 0 aromatic heterocycles. The summed E-state index contributed by atoms with van der Waals surface area (Å²) in [6.07, 6.45) is 9.25. The van der Waals surface area contributed by atoms with Crippen molar-refractivity contribution < 1.29 is 4.79 Å². The third kappa shape index (κ3) is 1.95. The van der Waals surface area contributed by atoms with E-state index < -0.39 is 0 Å². The molecule has 2 aliphatic carbocycles. The summed E-state index contributed by atoms with van der Waals surface area (Å²) in [4.78, 5) is 12.5. The summed E-state index contributed by atoms with van der Waals surface area (Å²) in [5.41, 5.74) is 3.62. The molecule has 1 aromatic rings.